The van der Waals surface area contributed by atoms with Gasteiger partial charge >= 0.3 is 6.09 Å². The Kier molecular flexibility index (Phi) is 1.89. The number of hydrogen-bond donors (Lipinski definition) is 0. The van der Waals surface area contributed by atoms with E-state index in [0.29, 0.717) is 13.2 Å². The Hall–Kier alpha value is -1.06. The molecule has 1 fully saturated rings. The first kappa shape index (κ1) is 7.05. The molecule has 1 unspecified atom stereocenters. The van der Waals surface area contributed by atoms with Gasteiger partial charge in [-0.25, -0.2) is 4.79 Å². The van der Waals surface area contributed by atoms with Gasteiger partial charge < -0.3 is 9.53 Å². The molecule has 1 aliphatic heterocycles. The van der Waals surface area contributed by atoms with Crippen molar-refractivity contribution in [1.82, 2.24) is 4.90 Å². The number of aldehydes is 1. The molecule has 1 aliphatic rings. The van der Waals surface area contributed by atoms with E-state index in [1.807, 2.05) is 0 Å². The predicted octanol–water partition coefficient (Wildman–Crippen LogP) is 0.0260. The Morgan fingerprint density at radius 2 is 2.50 bits per heavy atom. The van der Waals surface area contributed by atoms with Crippen LogP contribution in [0.1, 0.15) is 6.92 Å². The van der Waals surface area contributed by atoms with Gasteiger partial charge in [-0.3, -0.25) is 4.90 Å². The Balaban J connectivity index is 2.54. The zero-order valence-electron chi connectivity index (χ0n) is 5.74. The highest BCUT2D eigenvalue weighted by Gasteiger charge is 2.25. The van der Waals surface area contributed by atoms with Gasteiger partial charge in [-0.05, 0) is 6.92 Å². The molecule has 1 heterocycles. The molecule has 0 bridgehead atoms. The topological polar surface area (TPSA) is 46.6 Å². The number of carbonyl (C=O) groups excluding carboxylic acids is 2. The molecular weight excluding hydrogens is 134 g/mol. The minimum atomic E-state index is -0.389. The number of cyclic esters (lactones) is 1. The number of amides is 1. The summed E-state index contributed by atoms with van der Waals surface area (Å²) in [6.45, 7) is 2.59. The van der Waals surface area contributed by atoms with Gasteiger partial charge in [0.15, 0.2) is 0 Å². The normalized spacial score (nSPS) is 20.5. The van der Waals surface area contributed by atoms with Crippen molar-refractivity contribution in [2.45, 2.75) is 13.0 Å². The molecule has 0 N–H and O–H groups in total. The Bertz CT molecular complexity index is 157. The largest absolute Gasteiger partial charge is 0.448 e. The molecular formula is C6H9NO3. The van der Waals surface area contributed by atoms with Gasteiger partial charge in [0.05, 0.1) is 12.6 Å². The standard InChI is InChI=1S/C6H9NO3/c1-5(4-8)7-2-3-10-6(7)9/h4-5H,2-3H2,1H3. The third-order valence-corrected chi connectivity index (χ3v) is 1.48. The van der Waals surface area contributed by atoms with Crippen molar-refractivity contribution in [2.24, 2.45) is 0 Å². The van der Waals surface area contributed by atoms with Crippen molar-refractivity contribution < 1.29 is 14.3 Å². The zero-order chi connectivity index (χ0) is 7.56. The number of carbonyl (C=O) groups is 2. The molecule has 0 aromatic heterocycles. The second kappa shape index (κ2) is 2.68. The summed E-state index contributed by atoms with van der Waals surface area (Å²) in [5.41, 5.74) is 0. The van der Waals surface area contributed by atoms with E-state index in [0.717, 1.165) is 6.29 Å². The van der Waals surface area contributed by atoms with Gasteiger partial charge in [-0.1, -0.05) is 0 Å². The van der Waals surface area contributed by atoms with Crippen molar-refractivity contribution in [1.29, 1.82) is 0 Å². The van der Waals surface area contributed by atoms with Crippen LogP contribution in [-0.2, 0) is 9.53 Å². The lowest BCUT2D eigenvalue weighted by molar-refractivity contribution is -0.111. The monoisotopic (exact) mass is 143 g/mol. The summed E-state index contributed by atoms with van der Waals surface area (Å²) in [5.74, 6) is 0. The quantitative estimate of drug-likeness (QED) is 0.512. The van der Waals surface area contributed by atoms with Crippen LogP contribution in [-0.4, -0.2) is 36.5 Å². The molecule has 1 amide bonds. The summed E-state index contributed by atoms with van der Waals surface area (Å²) in [4.78, 5) is 22.3. The van der Waals surface area contributed by atoms with Gasteiger partial charge in [0.1, 0.15) is 12.9 Å². The van der Waals surface area contributed by atoms with Crippen LogP contribution >= 0.6 is 0 Å². The summed E-state index contributed by atoms with van der Waals surface area (Å²) in [6.07, 6.45) is 0.339. The second-order valence-electron chi connectivity index (χ2n) is 2.18. The van der Waals surface area contributed by atoms with E-state index in [-0.39, 0.29) is 12.1 Å². The van der Waals surface area contributed by atoms with Crippen molar-refractivity contribution >= 4 is 12.4 Å². The highest BCUT2D eigenvalue weighted by Crippen LogP contribution is 2.05. The Labute approximate surface area is 58.8 Å². The minimum Gasteiger partial charge on any atom is -0.448 e. The third-order valence-electron chi connectivity index (χ3n) is 1.48. The average molecular weight is 143 g/mol. The molecule has 1 rings (SSSR count). The Morgan fingerprint density at radius 1 is 1.80 bits per heavy atom. The first-order valence-corrected chi connectivity index (χ1v) is 3.14. The first-order chi connectivity index (χ1) is 4.75. The van der Waals surface area contributed by atoms with Gasteiger partial charge in [-0.2, -0.15) is 0 Å². The minimum absolute atomic E-state index is 0.352. The summed E-state index contributed by atoms with van der Waals surface area (Å²) in [5, 5.41) is 0. The van der Waals surface area contributed by atoms with Crippen LogP contribution in [0.5, 0.6) is 0 Å². The van der Waals surface area contributed by atoms with Crippen LogP contribution in [0.25, 0.3) is 0 Å². The lowest BCUT2D eigenvalue weighted by atomic mass is 10.3. The zero-order valence-corrected chi connectivity index (χ0v) is 5.74. The molecule has 0 aromatic carbocycles. The van der Waals surface area contributed by atoms with Crippen molar-refractivity contribution in [3.8, 4) is 0 Å². The molecule has 0 aliphatic carbocycles. The van der Waals surface area contributed by atoms with Crippen LogP contribution in [0, 0.1) is 0 Å². The van der Waals surface area contributed by atoms with Crippen LogP contribution in [0.2, 0.25) is 0 Å². The number of hydrogen-bond acceptors (Lipinski definition) is 3. The van der Waals surface area contributed by atoms with Crippen LogP contribution in [0.15, 0.2) is 0 Å². The molecule has 10 heavy (non-hydrogen) atoms. The number of ether oxygens (including phenoxy) is 1. The summed E-state index contributed by atoms with van der Waals surface area (Å²) in [6, 6.07) is -0.352. The first-order valence-electron chi connectivity index (χ1n) is 3.14. The van der Waals surface area contributed by atoms with Crippen molar-refractivity contribution in [3.63, 3.8) is 0 Å². The van der Waals surface area contributed by atoms with E-state index in [4.69, 9.17) is 0 Å². The van der Waals surface area contributed by atoms with Crippen LogP contribution in [0.4, 0.5) is 4.79 Å². The van der Waals surface area contributed by atoms with E-state index in [9.17, 15) is 9.59 Å². The van der Waals surface area contributed by atoms with Crippen molar-refractivity contribution in [3.05, 3.63) is 0 Å². The van der Waals surface area contributed by atoms with Crippen LogP contribution < -0.4 is 0 Å². The fourth-order valence-corrected chi connectivity index (χ4v) is 0.849. The van der Waals surface area contributed by atoms with E-state index in [1.165, 1.54) is 4.90 Å². The third kappa shape index (κ3) is 1.10. The smallest absolute Gasteiger partial charge is 0.410 e. The maximum Gasteiger partial charge on any atom is 0.410 e. The van der Waals surface area contributed by atoms with Gasteiger partial charge in [0, 0.05) is 0 Å². The lowest BCUT2D eigenvalue weighted by Gasteiger charge is -2.14. The van der Waals surface area contributed by atoms with E-state index in [2.05, 4.69) is 4.74 Å². The molecule has 4 nitrogen and oxygen atoms in total. The molecule has 1 atom stereocenters. The molecule has 4 heteroatoms. The summed E-state index contributed by atoms with van der Waals surface area (Å²) in [7, 11) is 0. The fraction of sp³-hybridized carbons (Fsp3) is 0.667. The van der Waals surface area contributed by atoms with Crippen molar-refractivity contribution in [2.75, 3.05) is 13.2 Å². The lowest BCUT2D eigenvalue weighted by Crippen LogP contribution is -2.34. The summed E-state index contributed by atoms with van der Waals surface area (Å²) < 4.78 is 4.62. The van der Waals surface area contributed by atoms with Gasteiger partial charge in [-0.15, -0.1) is 0 Å². The molecule has 1 saturated heterocycles. The highest BCUT2D eigenvalue weighted by molar-refractivity contribution is 5.74. The SMILES string of the molecule is CC(C=O)N1CCOC1=O. The van der Waals surface area contributed by atoms with E-state index < -0.39 is 0 Å². The Morgan fingerprint density at radius 3 is 2.90 bits per heavy atom. The average Bonchev–Trinajstić information content (AvgIpc) is 2.34. The highest BCUT2D eigenvalue weighted by atomic mass is 16.6. The maximum absolute atomic E-state index is 10.7. The fourth-order valence-electron chi connectivity index (χ4n) is 0.849. The molecule has 0 radical (unpaired) electrons. The molecule has 56 valence electrons. The van der Waals surface area contributed by atoms with Crippen LogP contribution in [0.3, 0.4) is 0 Å². The predicted molar refractivity (Wildman–Crippen MR) is 33.6 cm³/mol. The number of rotatable bonds is 2. The second-order valence-corrected chi connectivity index (χ2v) is 2.18. The van der Waals surface area contributed by atoms with Gasteiger partial charge in [0.25, 0.3) is 0 Å². The molecule has 0 aromatic rings. The summed E-state index contributed by atoms with van der Waals surface area (Å²) >= 11 is 0. The maximum atomic E-state index is 10.7. The van der Waals surface area contributed by atoms with Gasteiger partial charge in [0.2, 0.25) is 0 Å². The van der Waals surface area contributed by atoms with E-state index in [1.54, 1.807) is 6.92 Å². The molecule has 0 spiro atoms. The molecule has 0 saturated carbocycles. The number of nitrogens with zero attached hydrogens (tertiary/aromatic N) is 1. The van der Waals surface area contributed by atoms with E-state index >= 15 is 0 Å².